The minimum absolute atomic E-state index is 0.154. The maximum atomic E-state index is 12.4. The lowest BCUT2D eigenvalue weighted by atomic mass is 10.2. The Morgan fingerprint density at radius 2 is 2.20 bits per heavy atom. The first-order chi connectivity index (χ1) is 9.50. The molecule has 0 atom stereocenters. The molecule has 2 aromatic rings. The molecular weight excluding hydrogens is 280 g/mol. The van der Waals surface area contributed by atoms with Gasteiger partial charge in [0.15, 0.2) is 0 Å². The second-order valence-corrected chi connectivity index (χ2v) is 6.48. The summed E-state index contributed by atoms with van der Waals surface area (Å²) in [5.74, 6) is 0. The van der Waals surface area contributed by atoms with Crippen molar-refractivity contribution in [3.63, 3.8) is 0 Å². The summed E-state index contributed by atoms with van der Waals surface area (Å²) in [6, 6.07) is 1.57. The fourth-order valence-electron chi connectivity index (χ4n) is 1.83. The smallest absolute Gasteiger partial charge is 0.258 e. The van der Waals surface area contributed by atoms with Gasteiger partial charge in [0, 0.05) is 20.1 Å². The van der Waals surface area contributed by atoms with Gasteiger partial charge >= 0.3 is 0 Å². The van der Waals surface area contributed by atoms with Gasteiger partial charge in [-0.3, -0.25) is 0 Å². The van der Waals surface area contributed by atoms with E-state index in [0.29, 0.717) is 36.3 Å². The summed E-state index contributed by atoms with van der Waals surface area (Å²) in [6.07, 6.45) is 1.96. The highest BCUT2D eigenvalue weighted by molar-refractivity contribution is 7.89. The highest BCUT2D eigenvalue weighted by Crippen LogP contribution is 2.22. The summed E-state index contributed by atoms with van der Waals surface area (Å²) >= 11 is 0. The molecular formula is C12H18N4O3S. The lowest BCUT2D eigenvalue weighted by Crippen LogP contribution is -2.32. The van der Waals surface area contributed by atoms with Crippen molar-refractivity contribution in [3.05, 3.63) is 18.0 Å². The van der Waals surface area contributed by atoms with E-state index in [1.54, 1.807) is 20.2 Å². The van der Waals surface area contributed by atoms with Crippen LogP contribution in [0.4, 0.5) is 0 Å². The molecule has 0 aromatic carbocycles. The van der Waals surface area contributed by atoms with Crippen molar-refractivity contribution in [1.29, 1.82) is 0 Å². The Bertz CT molecular complexity index is 696. The summed E-state index contributed by atoms with van der Waals surface area (Å²) in [5.41, 5.74) is 1.07. The molecule has 0 fully saturated rings. The number of aryl methyl sites for hydroxylation is 1. The van der Waals surface area contributed by atoms with Gasteiger partial charge < -0.3 is 9.84 Å². The van der Waals surface area contributed by atoms with Crippen LogP contribution in [-0.4, -0.2) is 50.0 Å². The van der Waals surface area contributed by atoms with Crippen LogP contribution in [0.2, 0.25) is 0 Å². The summed E-state index contributed by atoms with van der Waals surface area (Å²) < 4.78 is 31.2. The third kappa shape index (κ3) is 2.67. The van der Waals surface area contributed by atoms with Crippen molar-refractivity contribution in [3.8, 4) is 0 Å². The van der Waals surface area contributed by atoms with E-state index in [1.807, 2.05) is 6.92 Å². The number of nitrogens with zero attached hydrogens (tertiary/aromatic N) is 3. The van der Waals surface area contributed by atoms with E-state index in [1.165, 1.54) is 10.5 Å². The lowest BCUT2D eigenvalue weighted by molar-refractivity contribution is 0.439. The third-order valence-electron chi connectivity index (χ3n) is 3.10. The molecule has 8 heteroatoms. The van der Waals surface area contributed by atoms with Gasteiger partial charge in [0.1, 0.15) is 4.90 Å². The zero-order chi connectivity index (χ0) is 14.8. The number of pyridine rings is 1. The molecule has 0 saturated heterocycles. The highest BCUT2D eigenvalue weighted by Gasteiger charge is 2.22. The van der Waals surface area contributed by atoms with Crippen LogP contribution in [0.25, 0.3) is 11.1 Å². The van der Waals surface area contributed by atoms with E-state index >= 15 is 0 Å². The molecule has 0 amide bonds. The van der Waals surface area contributed by atoms with Gasteiger partial charge in [0.25, 0.3) is 5.71 Å². The number of rotatable bonds is 6. The Balaban J connectivity index is 2.41. The normalized spacial score (nSPS) is 12.4. The molecule has 0 radical (unpaired) electrons. The molecule has 7 nitrogen and oxygen atoms in total. The van der Waals surface area contributed by atoms with Crippen molar-refractivity contribution in [2.24, 2.45) is 0 Å². The van der Waals surface area contributed by atoms with E-state index in [0.717, 1.165) is 0 Å². The van der Waals surface area contributed by atoms with Gasteiger partial charge in [0.05, 0.1) is 17.3 Å². The van der Waals surface area contributed by atoms with E-state index < -0.39 is 10.0 Å². The third-order valence-corrected chi connectivity index (χ3v) is 4.92. The first kappa shape index (κ1) is 14.9. The molecule has 2 aromatic heterocycles. The lowest BCUT2D eigenvalue weighted by Gasteiger charge is -2.16. The maximum Gasteiger partial charge on any atom is 0.258 e. The molecule has 1 N–H and O–H groups in total. The fourth-order valence-corrected chi connectivity index (χ4v) is 2.97. The molecule has 2 heterocycles. The van der Waals surface area contributed by atoms with Crippen LogP contribution in [0.5, 0.6) is 0 Å². The molecule has 0 aliphatic rings. The second-order valence-electron chi connectivity index (χ2n) is 4.44. The zero-order valence-electron chi connectivity index (χ0n) is 11.8. The average molecular weight is 298 g/mol. The van der Waals surface area contributed by atoms with E-state index in [4.69, 9.17) is 4.52 Å². The topological polar surface area (TPSA) is 88.3 Å². The van der Waals surface area contributed by atoms with Crippen LogP contribution in [0.15, 0.2) is 21.7 Å². The van der Waals surface area contributed by atoms with Crippen molar-refractivity contribution in [2.45, 2.75) is 18.2 Å². The molecule has 0 aliphatic heterocycles. The van der Waals surface area contributed by atoms with Gasteiger partial charge in [-0.15, -0.1) is 0 Å². The highest BCUT2D eigenvalue weighted by atomic mass is 32.2. The minimum Gasteiger partial charge on any atom is -0.336 e. The predicted octanol–water partition coefficient (Wildman–Crippen LogP) is 0.625. The molecule has 0 bridgehead atoms. The maximum absolute atomic E-state index is 12.4. The molecule has 2 rings (SSSR count). The molecule has 0 unspecified atom stereocenters. The van der Waals surface area contributed by atoms with Crippen LogP contribution >= 0.6 is 0 Å². The van der Waals surface area contributed by atoms with Crippen LogP contribution in [-0.2, 0) is 16.4 Å². The fraction of sp³-hybridized carbons (Fsp3) is 0.500. The van der Waals surface area contributed by atoms with Crippen LogP contribution in [0, 0.1) is 0 Å². The molecule has 0 saturated carbocycles. The minimum atomic E-state index is -3.54. The number of likely N-dealkylation sites (N-methyl/N-ethyl adjacent to an activating group) is 2. The zero-order valence-corrected chi connectivity index (χ0v) is 12.6. The van der Waals surface area contributed by atoms with Crippen molar-refractivity contribution in [1.82, 2.24) is 19.8 Å². The Morgan fingerprint density at radius 1 is 1.45 bits per heavy atom. The Kier molecular flexibility index (Phi) is 4.36. The SMILES string of the molecule is CCc1noc2ncc(S(=O)(=O)N(C)CCNC)cc12. The number of nitrogens with one attached hydrogen (secondary N) is 1. The van der Waals surface area contributed by atoms with E-state index in [-0.39, 0.29) is 4.90 Å². The first-order valence-electron chi connectivity index (χ1n) is 6.36. The Labute approximate surface area is 118 Å². The van der Waals surface area contributed by atoms with Crippen LogP contribution in [0.1, 0.15) is 12.6 Å². The molecule has 20 heavy (non-hydrogen) atoms. The largest absolute Gasteiger partial charge is 0.336 e. The number of sulfonamides is 1. The predicted molar refractivity (Wildman–Crippen MR) is 74.9 cm³/mol. The second kappa shape index (κ2) is 5.86. The summed E-state index contributed by atoms with van der Waals surface area (Å²) in [4.78, 5) is 4.18. The number of hydrogen-bond acceptors (Lipinski definition) is 6. The van der Waals surface area contributed by atoms with Gasteiger partial charge in [-0.05, 0) is 19.5 Å². The Hall–Kier alpha value is -1.51. The summed E-state index contributed by atoms with van der Waals surface area (Å²) in [5, 5.41) is 7.44. The van der Waals surface area contributed by atoms with Crippen molar-refractivity contribution in [2.75, 3.05) is 27.2 Å². The first-order valence-corrected chi connectivity index (χ1v) is 7.80. The van der Waals surface area contributed by atoms with Gasteiger partial charge in [-0.2, -0.15) is 4.31 Å². The standard InChI is InChI=1S/C12H18N4O3S/c1-4-11-10-7-9(8-14-12(10)19-15-11)20(17,18)16(3)6-5-13-2/h7-8,13H,4-6H2,1-3H3. The van der Waals surface area contributed by atoms with Crippen LogP contribution < -0.4 is 5.32 Å². The molecule has 0 aliphatic carbocycles. The average Bonchev–Trinajstić information content (AvgIpc) is 2.86. The van der Waals surface area contributed by atoms with Crippen LogP contribution in [0.3, 0.4) is 0 Å². The molecule has 0 spiro atoms. The van der Waals surface area contributed by atoms with Crippen molar-refractivity contribution < 1.29 is 12.9 Å². The van der Waals surface area contributed by atoms with E-state index in [2.05, 4.69) is 15.5 Å². The van der Waals surface area contributed by atoms with Gasteiger partial charge in [0.2, 0.25) is 10.0 Å². The quantitative estimate of drug-likeness (QED) is 0.841. The van der Waals surface area contributed by atoms with Gasteiger partial charge in [-0.25, -0.2) is 13.4 Å². The van der Waals surface area contributed by atoms with Crippen molar-refractivity contribution >= 4 is 21.1 Å². The van der Waals surface area contributed by atoms with E-state index in [9.17, 15) is 8.42 Å². The molecule has 110 valence electrons. The summed E-state index contributed by atoms with van der Waals surface area (Å²) in [6.45, 7) is 2.90. The van der Waals surface area contributed by atoms with Gasteiger partial charge in [-0.1, -0.05) is 12.1 Å². The monoisotopic (exact) mass is 298 g/mol. The summed E-state index contributed by atoms with van der Waals surface area (Å²) in [7, 11) is -0.221. The number of aromatic nitrogens is 2. The number of hydrogen-bond donors (Lipinski definition) is 1. The Morgan fingerprint density at radius 3 is 2.85 bits per heavy atom. The number of fused-ring (bicyclic) bond motifs is 1.